The summed E-state index contributed by atoms with van der Waals surface area (Å²) in [6.07, 6.45) is 3.54. The standard InChI is InChI=1S/C27H23ClN2O4S/c1-2-6-18-11-13-20(14-12-18)33-17-24(31)30-29-16-19-7-5-8-21(15-19)34-27(32)26-25(28)22-9-3-4-10-23(22)35-26/h3-5,7-16H,2,6,17H2,1H3,(H,30,31)/b29-16-. The highest BCUT2D eigenvalue weighted by Crippen LogP contribution is 2.35. The van der Waals surface area contributed by atoms with E-state index >= 15 is 0 Å². The minimum absolute atomic E-state index is 0.155. The van der Waals surface area contributed by atoms with Crippen LogP contribution in [0.25, 0.3) is 10.1 Å². The molecule has 0 saturated carbocycles. The molecule has 35 heavy (non-hydrogen) atoms. The number of carbonyl (C=O) groups excluding carboxylic acids is 2. The Morgan fingerprint density at radius 3 is 2.60 bits per heavy atom. The fourth-order valence-electron chi connectivity index (χ4n) is 3.36. The van der Waals surface area contributed by atoms with Crippen LogP contribution in [0.15, 0.2) is 77.9 Å². The summed E-state index contributed by atoms with van der Waals surface area (Å²) in [5.41, 5.74) is 4.30. The van der Waals surface area contributed by atoms with Crippen molar-refractivity contribution in [3.63, 3.8) is 0 Å². The molecule has 4 aromatic rings. The Balaban J connectivity index is 1.30. The van der Waals surface area contributed by atoms with Gasteiger partial charge in [-0.15, -0.1) is 11.3 Å². The highest BCUT2D eigenvalue weighted by molar-refractivity contribution is 7.21. The molecule has 1 aromatic heterocycles. The topological polar surface area (TPSA) is 77.0 Å². The van der Waals surface area contributed by atoms with Gasteiger partial charge in [0.25, 0.3) is 5.91 Å². The predicted octanol–water partition coefficient (Wildman–Crippen LogP) is 6.26. The van der Waals surface area contributed by atoms with E-state index in [1.165, 1.54) is 23.1 Å². The van der Waals surface area contributed by atoms with Gasteiger partial charge in [0, 0.05) is 10.1 Å². The molecule has 4 rings (SSSR count). The van der Waals surface area contributed by atoms with Gasteiger partial charge in [0.1, 0.15) is 16.4 Å². The number of hydrogen-bond donors (Lipinski definition) is 1. The molecular weight excluding hydrogens is 484 g/mol. The normalized spacial score (nSPS) is 11.0. The van der Waals surface area contributed by atoms with Crippen molar-refractivity contribution in [3.8, 4) is 11.5 Å². The van der Waals surface area contributed by atoms with Crippen molar-refractivity contribution < 1.29 is 19.1 Å². The van der Waals surface area contributed by atoms with Gasteiger partial charge in [-0.05, 0) is 47.9 Å². The fourth-order valence-corrected chi connectivity index (χ4v) is 4.74. The highest BCUT2D eigenvalue weighted by atomic mass is 35.5. The number of fused-ring (bicyclic) bond motifs is 1. The maximum Gasteiger partial charge on any atom is 0.355 e. The molecule has 0 spiro atoms. The van der Waals surface area contributed by atoms with E-state index in [1.54, 1.807) is 24.3 Å². The van der Waals surface area contributed by atoms with Crippen LogP contribution in [0, 0.1) is 0 Å². The molecule has 0 bridgehead atoms. The number of carbonyl (C=O) groups is 2. The summed E-state index contributed by atoms with van der Waals surface area (Å²) in [4.78, 5) is 25.0. The molecule has 3 aromatic carbocycles. The van der Waals surface area contributed by atoms with Crippen LogP contribution in [-0.2, 0) is 11.2 Å². The van der Waals surface area contributed by atoms with E-state index in [0.717, 1.165) is 22.9 Å². The number of nitrogens with zero attached hydrogens (tertiary/aromatic N) is 1. The van der Waals surface area contributed by atoms with E-state index in [0.29, 0.717) is 27.0 Å². The molecular formula is C27H23ClN2O4S. The lowest BCUT2D eigenvalue weighted by Gasteiger charge is -2.06. The third kappa shape index (κ3) is 6.47. The van der Waals surface area contributed by atoms with Gasteiger partial charge in [0.05, 0.1) is 11.2 Å². The SMILES string of the molecule is CCCc1ccc(OCC(=O)N/N=C\c2cccc(OC(=O)c3sc4ccccc4c3Cl)c2)cc1. The number of amides is 1. The lowest BCUT2D eigenvalue weighted by molar-refractivity contribution is -0.123. The molecule has 0 aliphatic heterocycles. The van der Waals surface area contributed by atoms with Crippen LogP contribution < -0.4 is 14.9 Å². The second kappa shape index (κ2) is 11.6. The average Bonchev–Trinajstić information content (AvgIpc) is 3.21. The predicted molar refractivity (Wildman–Crippen MR) is 140 cm³/mol. The molecule has 0 fully saturated rings. The minimum atomic E-state index is -0.529. The average molecular weight is 507 g/mol. The number of hydrazone groups is 1. The molecule has 8 heteroatoms. The smallest absolute Gasteiger partial charge is 0.355 e. The van der Waals surface area contributed by atoms with E-state index in [-0.39, 0.29) is 12.5 Å². The summed E-state index contributed by atoms with van der Waals surface area (Å²) in [7, 11) is 0. The Bertz CT molecular complexity index is 1370. The van der Waals surface area contributed by atoms with Gasteiger partial charge in [-0.3, -0.25) is 4.79 Å². The van der Waals surface area contributed by atoms with Crippen molar-refractivity contribution in [2.24, 2.45) is 5.10 Å². The van der Waals surface area contributed by atoms with Crippen molar-refractivity contribution in [1.82, 2.24) is 5.43 Å². The first-order chi connectivity index (χ1) is 17.0. The summed E-state index contributed by atoms with van der Waals surface area (Å²) < 4.78 is 11.9. The van der Waals surface area contributed by atoms with Gasteiger partial charge in [-0.25, -0.2) is 10.2 Å². The molecule has 1 heterocycles. The maximum absolute atomic E-state index is 12.7. The van der Waals surface area contributed by atoms with Crippen molar-refractivity contribution in [1.29, 1.82) is 0 Å². The lowest BCUT2D eigenvalue weighted by Crippen LogP contribution is -2.24. The van der Waals surface area contributed by atoms with E-state index in [9.17, 15) is 9.59 Å². The van der Waals surface area contributed by atoms with Crippen LogP contribution in [0.4, 0.5) is 0 Å². The van der Waals surface area contributed by atoms with Gasteiger partial charge >= 0.3 is 5.97 Å². The van der Waals surface area contributed by atoms with Gasteiger partial charge in [0.15, 0.2) is 6.61 Å². The van der Waals surface area contributed by atoms with Crippen molar-refractivity contribution in [2.45, 2.75) is 19.8 Å². The fraction of sp³-hybridized carbons (Fsp3) is 0.148. The molecule has 0 unspecified atom stereocenters. The molecule has 1 N–H and O–H groups in total. The lowest BCUT2D eigenvalue weighted by atomic mass is 10.1. The Morgan fingerprint density at radius 2 is 1.83 bits per heavy atom. The van der Waals surface area contributed by atoms with Crippen LogP contribution in [0.1, 0.15) is 34.1 Å². The monoisotopic (exact) mass is 506 g/mol. The number of nitrogens with one attached hydrogen (secondary N) is 1. The number of rotatable bonds is 9. The second-order valence-corrected chi connectivity index (χ2v) is 9.11. The Labute approximate surface area is 212 Å². The quantitative estimate of drug-likeness (QED) is 0.126. The largest absolute Gasteiger partial charge is 0.484 e. The number of halogens is 1. The van der Waals surface area contributed by atoms with Gasteiger partial charge in [-0.1, -0.05) is 67.4 Å². The van der Waals surface area contributed by atoms with E-state index in [2.05, 4.69) is 17.5 Å². The van der Waals surface area contributed by atoms with E-state index in [4.69, 9.17) is 21.1 Å². The molecule has 0 aliphatic rings. The van der Waals surface area contributed by atoms with Crippen LogP contribution >= 0.6 is 22.9 Å². The Kier molecular flexibility index (Phi) is 8.13. The molecule has 178 valence electrons. The molecule has 0 radical (unpaired) electrons. The molecule has 1 amide bonds. The summed E-state index contributed by atoms with van der Waals surface area (Å²) in [5, 5.41) is 5.15. The van der Waals surface area contributed by atoms with E-state index < -0.39 is 5.97 Å². The van der Waals surface area contributed by atoms with Crippen LogP contribution in [-0.4, -0.2) is 24.7 Å². The summed E-state index contributed by atoms with van der Waals surface area (Å²) >= 11 is 7.66. The first kappa shape index (κ1) is 24.4. The third-order valence-corrected chi connectivity index (χ3v) is 6.68. The third-order valence-electron chi connectivity index (χ3n) is 5.02. The summed E-state index contributed by atoms with van der Waals surface area (Å²) in [5.74, 6) is 0.0465. The van der Waals surface area contributed by atoms with Crippen molar-refractivity contribution >= 4 is 51.1 Å². The van der Waals surface area contributed by atoms with Crippen molar-refractivity contribution in [3.05, 3.63) is 93.8 Å². The number of hydrogen-bond acceptors (Lipinski definition) is 6. The second-order valence-electron chi connectivity index (χ2n) is 7.68. The first-order valence-electron chi connectivity index (χ1n) is 11.1. The van der Waals surface area contributed by atoms with Gasteiger partial charge in [0.2, 0.25) is 0 Å². The zero-order chi connectivity index (χ0) is 24.6. The number of thiophene rings is 1. The van der Waals surface area contributed by atoms with E-state index in [1.807, 2.05) is 48.5 Å². The zero-order valence-electron chi connectivity index (χ0n) is 19.0. The number of aryl methyl sites for hydroxylation is 1. The zero-order valence-corrected chi connectivity index (χ0v) is 20.6. The first-order valence-corrected chi connectivity index (χ1v) is 12.3. The van der Waals surface area contributed by atoms with Crippen LogP contribution in [0.3, 0.4) is 0 Å². The van der Waals surface area contributed by atoms with Crippen molar-refractivity contribution in [2.75, 3.05) is 6.61 Å². The summed E-state index contributed by atoms with van der Waals surface area (Å²) in [6, 6.07) is 22.0. The highest BCUT2D eigenvalue weighted by Gasteiger charge is 2.19. The number of esters is 1. The van der Waals surface area contributed by atoms with Crippen LogP contribution in [0.2, 0.25) is 5.02 Å². The molecule has 0 aliphatic carbocycles. The summed E-state index contributed by atoms with van der Waals surface area (Å²) in [6.45, 7) is 1.97. The molecule has 0 saturated heterocycles. The van der Waals surface area contributed by atoms with Crippen LogP contribution in [0.5, 0.6) is 11.5 Å². The Hall–Kier alpha value is -3.68. The maximum atomic E-state index is 12.7. The Morgan fingerprint density at radius 1 is 1.03 bits per heavy atom. The molecule has 0 atom stereocenters. The number of ether oxygens (including phenoxy) is 2. The minimum Gasteiger partial charge on any atom is -0.484 e. The molecule has 6 nitrogen and oxygen atoms in total. The number of benzene rings is 3. The van der Waals surface area contributed by atoms with Gasteiger partial charge < -0.3 is 9.47 Å². The van der Waals surface area contributed by atoms with Gasteiger partial charge in [-0.2, -0.15) is 5.10 Å².